The molecule has 1 aromatic rings. The summed E-state index contributed by atoms with van der Waals surface area (Å²) >= 11 is 9.20. The largest absolute Gasteiger partial charge is 0.457 e. The Hall–Kier alpha value is -0.540. The van der Waals surface area contributed by atoms with Crippen molar-refractivity contribution in [3.05, 3.63) is 33.3 Å². The minimum atomic E-state index is -0.124. The van der Waals surface area contributed by atoms with Gasteiger partial charge in [-0.15, -0.1) is 0 Å². The van der Waals surface area contributed by atoms with Crippen LogP contribution < -0.4 is 0 Å². The van der Waals surface area contributed by atoms with Crippen LogP contribution in [0.1, 0.15) is 24.5 Å². The molecule has 74 valence electrons. The van der Waals surface area contributed by atoms with Gasteiger partial charge in [-0.05, 0) is 40.0 Å². The molecule has 0 radical (unpaired) electrons. The Morgan fingerprint density at radius 3 is 2.86 bits per heavy atom. The first kappa shape index (κ1) is 9.99. The van der Waals surface area contributed by atoms with Gasteiger partial charge in [0.1, 0.15) is 6.10 Å². The van der Waals surface area contributed by atoms with Crippen molar-refractivity contribution in [3.63, 3.8) is 0 Å². The predicted molar refractivity (Wildman–Crippen MR) is 57.2 cm³/mol. The molecule has 0 bridgehead atoms. The molecule has 0 N–H and O–H groups in total. The van der Waals surface area contributed by atoms with Crippen molar-refractivity contribution < 1.29 is 9.53 Å². The van der Waals surface area contributed by atoms with E-state index in [4.69, 9.17) is 16.3 Å². The van der Waals surface area contributed by atoms with Crippen LogP contribution in [0.2, 0.25) is 5.02 Å². The van der Waals surface area contributed by atoms with Gasteiger partial charge in [-0.25, -0.2) is 0 Å². The molecule has 1 heterocycles. The normalized spacial score (nSPS) is 21.0. The number of esters is 1. The fourth-order valence-electron chi connectivity index (χ4n) is 1.47. The van der Waals surface area contributed by atoms with Gasteiger partial charge in [0.25, 0.3) is 0 Å². The molecule has 1 fully saturated rings. The van der Waals surface area contributed by atoms with Gasteiger partial charge in [0.2, 0.25) is 0 Å². The van der Waals surface area contributed by atoms with E-state index in [1.165, 1.54) is 0 Å². The lowest BCUT2D eigenvalue weighted by atomic mass is 10.1. The zero-order valence-electron chi connectivity index (χ0n) is 7.30. The van der Waals surface area contributed by atoms with Crippen LogP contribution in [0.5, 0.6) is 0 Å². The van der Waals surface area contributed by atoms with Crippen LogP contribution >= 0.6 is 27.5 Å². The molecule has 0 saturated carbocycles. The number of cyclic esters (lactones) is 1. The number of carbonyl (C=O) groups excluding carboxylic acids is 1. The topological polar surface area (TPSA) is 26.3 Å². The van der Waals surface area contributed by atoms with Gasteiger partial charge >= 0.3 is 5.97 Å². The molecular weight excluding hydrogens is 267 g/mol. The molecule has 1 atom stereocenters. The van der Waals surface area contributed by atoms with Crippen LogP contribution in [0.25, 0.3) is 0 Å². The molecule has 1 aromatic carbocycles. The van der Waals surface area contributed by atoms with E-state index in [0.29, 0.717) is 11.4 Å². The molecule has 1 unspecified atom stereocenters. The number of carbonyl (C=O) groups is 1. The summed E-state index contributed by atoms with van der Waals surface area (Å²) in [6, 6.07) is 5.58. The summed E-state index contributed by atoms with van der Waals surface area (Å²) in [7, 11) is 0. The van der Waals surface area contributed by atoms with Crippen molar-refractivity contribution in [1.29, 1.82) is 0 Å². The Bertz CT molecular complexity index is 378. The average molecular weight is 276 g/mol. The van der Waals surface area contributed by atoms with Gasteiger partial charge in [0, 0.05) is 10.9 Å². The Morgan fingerprint density at radius 1 is 1.50 bits per heavy atom. The fraction of sp³-hybridized carbons (Fsp3) is 0.300. The van der Waals surface area contributed by atoms with Crippen LogP contribution in [-0.4, -0.2) is 5.97 Å². The number of ether oxygens (including phenoxy) is 1. The highest BCUT2D eigenvalue weighted by atomic mass is 79.9. The minimum absolute atomic E-state index is 0.101. The Kier molecular flexibility index (Phi) is 2.79. The summed E-state index contributed by atoms with van der Waals surface area (Å²) in [5.41, 5.74) is 0.993. The van der Waals surface area contributed by atoms with Crippen molar-refractivity contribution in [2.75, 3.05) is 0 Å². The molecule has 2 nitrogen and oxygen atoms in total. The van der Waals surface area contributed by atoms with E-state index in [0.717, 1.165) is 16.5 Å². The van der Waals surface area contributed by atoms with E-state index in [1.807, 2.05) is 12.1 Å². The van der Waals surface area contributed by atoms with Gasteiger partial charge in [-0.1, -0.05) is 17.7 Å². The summed E-state index contributed by atoms with van der Waals surface area (Å²) in [5, 5.41) is 0.665. The van der Waals surface area contributed by atoms with Crippen molar-refractivity contribution in [2.45, 2.75) is 18.9 Å². The first-order valence-corrected chi connectivity index (χ1v) is 5.48. The Labute approximate surface area is 95.3 Å². The standard InChI is InChI=1S/C10H8BrClO2/c11-7-5-6(1-2-8(7)12)9-3-4-10(13)14-9/h1-2,5,9H,3-4H2. The van der Waals surface area contributed by atoms with Crippen molar-refractivity contribution >= 4 is 33.5 Å². The Balaban J connectivity index is 2.24. The predicted octanol–water partition coefficient (Wildman–Crippen LogP) is 3.48. The Morgan fingerprint density at radius 2 is 2.29 bits per heavy atom. The van der Waals surface area contributed by atoms with E-state index in [9.17, 15) is 4.79 Å². The summed E-state index contributed by atoms with van der Waals surface area (Å²) in [4.78, 5) is 10.9. The summed E-state index contributed by atoms with van der Waals surface area (Å²) in [6.45, 7) is 0. The van der Waals surface area contributed by atoms with Gasteiger partial charge in [-0.3, -0.25) is 4.79 Å². The number of hydrogen-bond acceptors (Lipinski definition) is 2. The highest BCUT2D eigenvalue weighted by molar-refractivity contribution is 9.10. The third kappa shape index (κ3) is 1.93. The molecule has 1 saturated heterocycles. The molecule has 0 spiro atoms. The summed E-state index contributed by atoms with van der Waals surface area (Å²) in [5.74, 6) is -0.124. The van der Waals surface area contributed by atoms with Crippen LogP contribution in [0.15, 0.2) is 22.7 Å². The lowest BCUT2D eigenvalue weighted by Gasteiger charge is -2.09. The van der Waals surface area contributed by atoms with Gasteiger partial charge < -0.3 is 4.74 Å². The molecule has 14 heavy (non-hydrogen) atoms. The third-order valence-corrected chi connectivity index (χ3v) is 3.41. The number of rotatable bonds is 1. The van der Waals surface area contributed by atoms with Crippen LogP contribution in [0.4, 0.5) is 0 Å². The lowest BCUT2D eigenvalue weighted by Crippen LogP contribution is -1.98. The quantitative estimate of drug-likeness (QED) is 0.734. The van der Waals surface area contributed by atoms with Crippen LogP contribution in [-0.2, 0) is 9.53 Å². The fourth-order valence-corrected chi connectivity index (χ4v) is 1.99. The molecule has 2 rings (SSSR count). The maximum absolute atomic E-state index is 10.9. The number of benzene rings is 1. The van der Waals surface area contributed by atoms with E-state index >= 15 is 0 Å². The number of halogens is 2. The summed E-state index contributed by atoms with van der Waals surface area (Å²) in [6.07, 6.45) is 1.16. The van der Waals surface area contributed by atoms with E-state index in [2.05, 4.69) is 15.9 Å². The van der Waals surface area contributed by atoms with E-state index < -0.39 is 0 Å². The average Bonchev–Trinajstić information content (AvgIpc) is 2.57. The van der Waals surface area contributed by atoms with E-state index in [1.54, 1.807) is 6.07 Å². The second kappa shape index (κ2) is 3.91. The lowest BCUT2D eigenvalue weighted by molar-refractivity contribution is -0.141. The molecular formula is C10H8BrClO2. The first-order chi connectivity index (χ1) is 6.66. The maximum atomic E-state index is 10.9. The second-order valence-electron chi connectivity index (χ2n) is 3.19. The van der Waals surface area contributed by atoms with E-state index in [-0.39, 0.29) is 12.1 Å². The maximum Gasteiger partial charge on any atom is 0.306 e. The summed E-state index contributed by atoms with van der Waals surface area (Å²) < 4.78 is 5.97. The molecule has 0 amide bonds. The third-order valence-electron chi connectivity index (χ3n) is 2.20. The van der Waals surface area contributed by atoms with Crippen molar-refractivity contribution in [3.8, 4) is 0 Å². The zero-order valence-corrected chi connectivity index (χ0v) is 9.64. The minimum Gasteiger partial charge on any atom is -0.457 e. The van der Waals surface area contributed by atoms with Crippen molar-refractivity contribution in [1.82, 2.24) is 0 Å². The van der Waals surface area contributed by atoms with Gasteiger partial charge in [0.15, 0.2) is 0 Å². The van der Waals surface area contributed by atoms with Crippen molar-refractivity contribution in [2.24, 2.45) is 0 Å². The van der Waals surface area contributed by atoms with Crippen LogP contribution in [0.3, 0.4) is 0 Å². The zero-order chi connectivity index (χ0) is 10.1. The highest BCUT2D eigenvalue weighted by Crippen LogP contribution is 2.33. The van der Waals surface area contributed by atoms with Gasteiger partial charge in [-0.2, -0.15) is 0 Å². The second-order valence-corrected chi connectivity index (χ2v) is 4.45. The molecule has 0 aromatic heterocycles. The van der Waals surface area contributed by atoms with Crippen LogP contribution in [0, 0.1) is 0 Å². The van der Waals surface area contributed by atoms with Gasteiger partial charge in [0.05, 0.1) is 5.02 Å². The SMILES string of the molecule is O=C1CCC(c2ccc(Cl)c(Br)c2)O1. The molecule has 0 aliphatic carbocycles. The molecule has 1 aliphatic rings. The smallest absolute Gasteiger partial charge is 0.306 e. The molecule has 1 aliphatic heterocycles. The highest BCUT2D eigenvalue weighted by Gasteiger charge is 2.24. The number of hydrogen-bond donors (Lipinski definition) is 0. The monoisotopic (exact) mass is 274 g/mol. The molecule has 4 heteroatoms. The first-order valence-electron chi connectivity index (χ1n) is 4.31.